The van der Waals surface area contributed by atoms with E-state index in [4.69, 9.17) is 13.9 Å². The van der Waals surface area contributed by atoms with Gasteiger partial charge in [0.15, 0.2) is 6.29 Å². The van der Waals surface area contributed by atoms with Gasteiger partial charge in [0.1, 0.15) is 5.58 Å². The molecule has 146 valence electrons. The predicted octanol–water partition coefficient (Wildman–Crippen LogP) is 2.29. The molecule has 27 heavy (non-hydrogen) atoms. The molecule has 0 aliphatic carbocycles. The van der Waals surface area contributed by atoms with Crippen LogP contribution in [0.15, 0.2) is 27.4 Å². The third kappa shape index (κ3) is 4.41. The van der Waals surface area contributed by atoms with Crippen molar-refractivity contribution in [2.75, 3.05) is 45.9 Å². The number of fused-ring (bicyclic) bond motifs is 1. The molecule has 1 aromatic carbocycles. The van der Waals surface area contributed by atoms with Crippen LogP contribution in [0.3, 0.4) is 0 Å². The molecular formula is C21H28N2O4. The van der Waals surface area contributed by atoms with E-state index < -0.39 is 0 Å². The highest BCUT2D eigenvalue weighted by Gasteiger charge is 2.21. The molecule has 2 aliphatic rings. The zero-order valence-corrected chi connectivity index (χ0v) is 16.2. The van der Waals surface area contributed by atoms with E-state index in [9.17, 15) is 4.79 Å². The fraction of sp³-hybridized carbons (Fsp3) is 0.571. The van der Waals surface area contributed by atoms with Crippen LogP contribution in [0, 0.1) is 13.8 Å². The van der Waals surface area contributed by atoms with Crippen LogP contribution in [0.25, 0.3) is 11.0 Å². The van der Waals surface area contributed by atoms with Crippen molar-refractivity contribution in [3.63, 3.8) is 0 Å². The average Bonchev–Trinajstić information content (AvgIpc) is 3.16. The number of ether oxygens (including phenoxy) is 2. The quantitative estimate of drug-likeness (QED) is 0.751. The number of benzene rings is 1. The number of nitrogens with zero attached hydrogens (tertiary/aromatic N) is 2. The van der Waals surface area contributed by atoms with Crippen LogP contribution in [0.5, 0.6) is 0 Å². The summed E-state index contributed by atoms with van der Waals surface area (Å²) in [4.78, 5) is 16.9. The second-order valence-corrected chi connectivity index (χ2v) is 7.60. The van der Waals surface area contributed by atoms with Gasteiger partial charge in [0, 0.05) is 57.1 Å². The molecule has 3 heterocycles. The standard InChI is InChI=1S/C21H28N2O4/c1-15-11-18-17(13-20(24)27-19(18)12-16(15)2)14-23-7-5-22(6-8-23)4-3-21-25-9-10-26-21/h11-13,21H,3-10,14H2,1-2H3. The Bertz CT molecular complexity index is 849. The van der Waals surface area contributed by atoms with Crippen LogP contribution in [-0.2, 0) is 16.0 Å². The topological polar surface area (TPSA) is 55.2 Å². The molecule has 2 aromatic rings. The van der Waals surface area contributed by atoms with E-state index in [1.54, 1.807) is 6.07 Å². The van der Waals surface area contributed by atoms with E-state index in [1.807, 2.05) is 13.0 Å². The maximum absolute atomic E-state index is 12.0. The van der Waals surface area contributed by atoms with Crippen molar-refractivity contribution in [3.8, 4) is 0 Å². The highest BCUT2D eigenvalue weighted by atomic mass is 16.7. The summed E-state index contributed by atoms with van der Waals surface area (Å²) in [5, 5.41) is 1.05. The SMILES string of the molecule is Cc1cc2oc(=O)cc(CN3CCN(CCC4OCCO4)CC3)c2cc1C. The van der Waals surface area contributed by atoms with Crippen molar-refractivity contribution in [1.82, 2.24) is 9.80 Å². The number of rotatable bonds is 5. The summed E-state index contributed by atoms with van der Waals surface area (Å²) < 4.78 is 16.5. The lowest BCUT2D eigenvalue weighted by Crippen LogP contribution is -2.46. The van der Waals surface area contributed by atoms with Crippen LogP contribution >= 0.6 is 0 Å². The fourth-order valence-electron chi connectivity index (χ4n) is 3.89. The minimum atomic E-state index is -0.268. The summed E-state index contributed by atoms with van der Waals surface area (Å²) in [6.07, 6.45) is 0.910. The lowest BCUT2D eigenvalue weighted by atomic mass is 10.0. The van der Waals surface area contributed by atoms with Gasteiger partial charge in [-0.15, -0.1) is 0 Å². The molecule has 0 saturated carbocycles. The smallest absolute Gasteiger partial charge is 0.336 e. The second kappa shape index (κ2) is 8.10. The predicted molar refractivity (Wildman–Crippen MR) is 104 cm³/mol. The van der Waals surface area contributed by atoms with Gasteiger partial charge in [0.05, 0.1) is 13.2 Å². The summed E-state index contributed by atoms with van der Waals surface area (Å²) in [6.45, 7) is 11.4. The highest BCUT2D eigenvalue weighted by molar-refractivity contribution is 5.81. The third-order valence-corrected chi connectivity index (χ3v) is 5.68. The zero-order chi connectivity index (χ0) is 18.8. The Morgan fingerprint density at radius 3 is 2.37 bits per heavy atom. The van der Waals surface area contributed by atoms with Crippen molar-refractivity contribution >= 4 is 11.0 Å². The average molecular weight is 372 g/mol. The minimum absolute atomic E-state index is 0.0235. The second-order valence-electron chi connectivity index (χ2n) is 7.60. The van der Waals surface area contributed by atoms with Gasteiger partial charge in [0.25, 0.3) is 0 Å². The molecule has 6 heteroatoms. The number of hydrogen-bond acceptors (Lipinski definition) is 6. The largest absolute Gasteiger partial charge is 0.423 e. The van der Waals surface area contributed by atoms with Crippen LogP contribution < -0.4 is 5.63 Å². The van der Waals surface area contributed by atoms with Gasteiger partial charge in [-0.05, 0) is 42.7 Å². The minimum Gasteiger partial charge on any atom is -0.423 e. The molecule has 4 rings (SSSR count). The Morgan fingerprint density at radius 2 is 1.63 bits per heavy atom. The third-order valence-electron chi connectivity index (χ3n) is 5.68. The van der Waals surface area contributed by atoms with Gasteiger partial charge in [-0.25, -0.2) is 4.79 Å². The van der Waals surface area contributed by atoms with E-state index >= 15 is 0 Å². The molecule has 0 radical (unpaired) electrons. The highest BCUT2D eigenvalue weighted by Crippen LogP contribution is 2.23. The van der Waals surface area contributed by atoms with Gasteiger partial charge in [-0.1, -0.05) is 0 Å². The number of aryl methyl sites for hydroxylation is 2. The van der Waals surface area contributed by atoms with Crippen LogP contribution in [-0.4, -0.2) is 62.0 Å². The monoisotopic (exact) mass is 372 g/mol. The van der Waals surface area contributed by atoms with E-state index in [1.165, 1.54) is 5.56 Å². The zero-order valence-electron chi connectivity index (χ0n) is 16.2. The molecule has 0 N–H and O–H groups in total. The van der Waals surface area contributed by atoms with Crippen molar-refractivity contribution < 1.29 is 13.9 Å². The first-order valence-electron chi connectivity index (χ1n) is 9.80. The molecule has 0 amide bonds. The number of hydrogen-bond donors (Lipinski definition) is 0. The molecule has 0 atom stereocenters. The Morgan fingerprint density at radius 1 is 0.963 bits per heavy atom. The molecule has 0 spiro atoms. The van der Waals surface area contributed by atoms with Crippen molar-refractivity contribution in [2.24, 2.45) is 0 Å². The van der Waals surface area contributed by atoms with E-state index in [2.05, 4.69) is 22.8 Å². The van der Waals surface area contributed by atoms with E-state index in [-0.39, 0.29) is 11.9 Å². The maximum atomic E-state index is 12.0. The van der Waals surface area contributed by atoms with Crippen molar-refractivity contribution in [2.45, 2.75) is 33.1 Å². The first-order chi connectivity index (χ1) is 13.1. The van der Waals surface area contributed by atoms with Crippen LogP contribution in [0.2, 0.25) is 0 Å². The maximum Gasteiger partial charge on any atom is 0.336 e. The van der Waals surface area contributed by atoms with Gasteiger partial charge in [0.2, 0.25) is 0 Å². The normalized spacial score (nSPS) is 19.9. The fourth-order valence-corrected chi connectivity index (χ4v) is 3.89. The van der Waals surface area contributed by atoms with Gasteiger partial charge >= 0.3 is 5.63 Å². The van der Waals surface area contributed by atoms with Gasteiger partial charge < -0.3 is 18.8 Å². The molecule has 0 bridgehead atoms. The van der Waals surface area contributed by atoms with Gasteiger partial charge in [-0.2, -0.15) is 0 Å². The summed E-state index contributed by atoms with van der Waals surface area (Å²) in [7, 11) is 0. The first-order valence-corrected chi connectivity index (χ1v) is 9.80. The molecule has 2 saturated heterocycles. The molecule has 2 fully saturated rings. The van der Waals surface area contributed by atoms with Crippen molar-refractivity contribution in [3.05, 3.63) is 45.3 Å². The molecule has 0 unspecified atom stereocenters. The van der Waals surface area contributed by atoms with Gasteiger partial charge in [-0.3, -0.25) is 4.90 Å². The number of piperazine rings is 1. The van der Waals surface area contributed by atoms with E-state index in [0.29, 0.717) is 5.58 Å². The Labute approximate surface area is 159 Å². The Balaban J connectivity index is 1.38. The van der Waals surface area contributed by atoms with Crippen LogP contribution in [0.1, 0.15) is 23.1 Å². The van der Waals surface area contributed by atoms with E-state index in [0.717, 1.165) is 75.4 Å². The summed E-state index contributed by atoms with van der Waals surface area (Å²) in [5.41, 5.74) is 3.85. The molecule has 1 aromatic heterocycles. The molecule has 2 aliphatic heterocycles. The summed E-state index contributed by atoms with van der Waals surface area (Å²) >= 11 is 0. The molecular weight excluding hydrogens is 344 g/mol. The first kappa shape index (κ1) is 18.6. The van der Waals surface area contributed by atoms with Crippen LogP contribution in [0.4, 0.5) is 0 Å². The Hall–Kier alpha value is -1.73. The lowest BCUT2D eigenvalue weighted by molar-refractivity contribution is -0.0533. The summed E-state index contributed by atoms with van der Waals surface area (Å²) in [6, 6.07) is 5.76. The Kier molecular flexibility index (Phi) is 5.59. The molecule has 6 nitrogen and oxygen atoms in total. The lowest BCUT2D eigenvalue weighted by Gasteiger charge is -2.35. The van der Waals surface area contributed by atoms with Crippen molar-refractivity contribution in [1.29, 1.82) is 0 Å². The summed E-state index contributed by atoms with van der Waals surface area (Å²) in [5.74, 6) is 0.